The van der Waals surface area contributed by atoms with E-state index in [-0.39, 0.29) is 0 Å². The van der Waals surface area contributed by atoms with E-state index in [0.717, 1.165) is 12.8 Å². The van der Waals surface area contributed by atoms with Crippen LogP contribution in [0.2, 0.25) is 0 Å². The fourth-order valence-electron chi connectivity index (χ4n) is 0.912. The number of hydrogen-bond acceptors (Lipinski definition) is 6. The maximum Gasteiger partial charge on any atom is 0.0690 e. The number of hydrazone groups is 2. The Hall–Kier alpha value is -0.880. The average Bonchev–Trinajstić information content (AvgIpc) is 2.29. The van der Waals surface area contributed by atoms with Crippen molar-refractivity contribution in [1.29, 1.82) is 0 Å². The summed E-state index contributed by atoms with van der Waals surface area (Å²) in [4.78, 5) is 0. The van der Waals surface area contributed by atoms with Crippen LogP contribution < -0.4 is 0 Å². The predicted molar refractivity (Wildman–Crippen MR) is 63.4 cm³/mol. The summed E-state index contributed by atoms with van der Waals surface area (Å²) in [5, 5.41) is 8.35. The minimum atomic E-state index is 0.920. The fraction of sp³-hybridized carbons (Fsp3) is 0.250. The molecule has 0 aromatic rings. The van der Waals surface area contributed by atoms with Crippen LogP contribution in [-0.4, -0.2) is 21.3 Å². The van der Waals surface area contributed by atoms with Gasteiger partial charge in [-0.1, -0.05) is 12.2 Å². The molecule has 0 radical (unpaired) electrons. The lowest BCUT2D eigenvalue weighted by molar-refractivity contribution is 0.662. The smallest absolute Gasteiger partial charge is 0.0690 e. The number of allylic oxidation sites excluding steroid dienone is 2. The highest BCUT2D eigenvalue weighted by Gasteiger charge is 2.05. The van der Waals surface area contributed by atoms with E-state index in [1.54, 1.807) is 0 Å². The first kappa shape index (κ1) is 9.67. The number of hydrogen-bond donors (Lipinski definition) is 0. The molecule has 0 N–H and O–H groups in total. The van der Waals surface area contributed by atoms with E-state index in [2.05, 4.69) is 22.4 Å². The van der Waals surface area contributed by atoms with Crippen molar-refractivity contribution in [3.63, 3.8) is 0 Å². The highest BCUT2D eigenvalue weighted by molar-refractivity contribution is 8.74. The van der Waals surface area contributed by atoms with Crippen LogP contribution in [0, 0.1) is 0 Å². The molecule has 0 saturated heterocycles. The Balaban J connectivity index is 1.76. The van der Waals surface area contributed by atoms with E-state index in [1.807, 2.05) is 33.7 Å². The first-order valence-corrected chi connectivity index (χ1v) is 6.33. The molecule has 0 saturated carbocycles. The van der Waals surface area contributed by atoms with Gasteiger partial charge in [0.05, 0.1) is 22.0 Å². The molecule has 0 amide bonds. The Morgan fingerprint density at radius 3 is 1.71 bits per heavy atom. The molecule has 2 aliphatic rings. The zero-order chi connectivity index (χ0) is 9.64. The third-order valence-electron chi connectivity index (χ3n) is 1.53. The monoisotopic (exact) mass is 226 g/mol. The van der Waals surface area contributed by atoms with Crippen molar-refractivity contribution in [1.82, 2.24) is 8.83 Å². The summed E-state index contributed by atoms with van der Waals surface area (Å²) in [5.41, 5.74) is 0. The van der Waals surface area contributed by atoms with Gasteiger partial charge in [-0.05, 0) is 0 Å². The molecule has 0 aromatic heterocycles. The van der Waals surface area contributed by atoms with Gasteiger partial charge in [-0.2, -0.15) is 10.2 Å². The summed E-state index contributed by atoms with van der Waals surface area (Å²) >= 11 is 0. The maximum atomic E-state index is 4.17. The van der Waals surface area contributed by atoms with Crippen LogP contribution in [0.4, 0.5) is 0 Å². The van der Waals surface area contributed by atoms with Gasteiger partial charge in [0.2, 0.25) is 0 Å². The lowest BCUT2D eigenvalue weighted by Gasteiger charge is -2.18. The topological polar surface area (TPSA) is 31.2 Å². The van der Waals surface area contributed by atoms with E-state index in [0.29, 0.717) is 0 Å². The van der Waals surface area contributed by atoms with E-state index >= 15 is 0 Å². The van der Waals surface area contributed by atoms with Crippen LogP contribution in [0.5, 0.6) is 0 Å². The van der Waals surface area contributed by atoms with Crippen molar-refractivity contribution in [2.75, 3.05) is 0 Å². The van der Waals surface area contributed by atoms with Gasteiger partial charge in [-0.25, -0.2) is 8.83 Å². The SMILES string of the molecule is C1=CN(SSN2C=CCC=N2)N=CC1. The molecule has 2 heterocycles. The first-order valence-electron chi connectivity index (χ1n) is 4.26. The summed E-state index contributed by atoms with van der Waals surface area (Å²) in [6.07, 6.45) is 13.6. The van der Waals surface area contributed by atoms with Crippen LogP contribution in [0.3, 0.4) is 0 Å². The Bertz CT molecular complexity index is 244. The summed E-state index contributed by atoms with van der Waals surface area (Å²) in [5.74, 6) is 0. The molecule has 2 rings (SSSR count). The van der Waals surface area contributed by atoms with Crippen molar-refractivity contribution in [3.05, 3.63) is 24.6 Å². The van der Waals surface area contributed by atoms with Crippen LogP contribution in [0.1, 0.15) is 12.8 Å². The predicted octanol–water partition coefficient (Wildman–Crippen LogP) is 2.61. The second-order valence-electron chi connectivity index (χ2n) is 2.59. The normalized spacial score (nSPS) is 19.4. The van der Waals surface area contributed by atoms with Crippen LogP contribution in [-0.2, 0) is 0 Å². The van der Waals surface area contributed by atoms with E-state index in [1.165, 1.54) is 22.0 Å². The quantitative estimate of drug-likeness (QED) is 0.547. The highest BCUT2D eigenvalue weighted by atomic mass is 33.1. The van der Waals surface area contributed by atoms with Crippen LogP contribution in [0.25, 0.3) is 0 Å². The summed E-state index contributed by atoms with van der Waals surface area (Å²) in [6.45, 7) is 0. The Kier molecular flexibility index (Phi) is 3.53. The van der Waals surface area contributed by atoms with Gasteiger partial charge in [0.25, 0.3) is 0 Å². The second kappa shape index (κ2) is 5.11. The maximum absolute atomic E-state index is 4.17. The zero-order valence-electron chi connectivity index (χ0n) is 7.48. The summed E-state index contributed by atoms with van der Waals surface area (Å²) < 4.78 is 3.62. The minimum absolute atomic E-state index is 0.920. The van der Waals surface area contributed by atoms with E-state index in [9.17, 15) is 0 Å². The van der Waals surface area contributed by atoms with Crippen molar-refractivity contribution in [3.8, 4) is 0 Å². The molecule has 0 bridgehead atoms. The highest BCUT2D eigenvalue weighted by Crippen LogP contribution is 2.32. The molecule has 0 aromatic carbocycles. The molecule has 14 heavy (non-hydrogen) atoms. The first-order chi connectivity index (χ1) is 6.95. The number of rotatable bonds is 3. The van der Waals surface area contributed by atoms with Crippen molar-refractivity contribution in [2.45, 2.75) is 12.8 Å². The second-order valence-corrected chi connectivity index (χ2v) is 4.53. The zero-order valence-corrected chi connectivity index (χ0v) is 9.12. The average molecular weight is 226 g/mol. The van der Waals surface area contributed by atoms with Gasteiger partial charge < -0.3 is 0 Å². The molecule has 0 fully saturated rings. The van der Waals surface area contributed by atoms with Crippen LogP contribution in [0.15, 0.2) is 34.8 Å². The molecule has 0 aliphatic carbocycles. The van der Waals surface area contributed by atoms with E-state index in [4.69, 9.17) is 0 Å². The molecule has 6 heteroatoms. The van der Waals surface area contributed by atoms with E-state index < -0.39 is 0 Å². The fourth-order valence-corrected chi connectivity index (χ4v) is 2.47. The molecule has 4 nitrogen and oxygen atoms in total. The molecular weight excluding hydrogens is 216 g/mol. The minimum Gasteiger partial charge on any atom is -0.202 e. The molecule has 0 spiro atoms. The van der Waals surface area contributed by atoms with Gasteiger partial charge in [0.15, 0.2) is 0 Å². The molecule has 0 atom stereocenters. The lowest BCUT2D eigenvalue weighted by Crippen LogP contribution is -2.05. The largest absolute Gasteiger partial charge is 0.202 e. The molecular formula is C8H10N4S2. The number of nitrogens with zero attached hydrogens (tertiary/aromatic N) is 4. The van der Waals surface area contributed by atoms with Gasteiger partial charge in [0.1, 0.15) is 0 Å². The van der Waals surface area contributed by atoms with Gasteiger partial charge in [-0.15, -0.1) is 0 Å². The lowest BCUT2D eigenvalue weighted by atomic mass is 10.4. The Morgan fingerprint density at radius 2 is 1.36 bits per heavy atom. The van der Waals surface area contributed by atoms with Crippen molar-refractivity contribution >= 4 is 34.4 Å². The van der Waals surface area contributed by atoms with Crippen molar-refractivity contribution < 1.29 is 0 Å². The van der Waals surface area contributed by atoms with Gasteiger partial charge >= 0.3 is 0 Å². The van der Waals surface area contributed by atoms with Gasteiger partial charge in [-0.3, -0.25) is 0 Å². The standard InChI is InChI=1S/C8H10N4S2/c1-3-7-11(9-5-1)13-14-12-8-4-2-6-10-12/h3-8H,1-2H2. The summed E-state index contributed by atoms with van der Waals surface area (Å²) in [7, 11) is 3.06. The molecule has 2 aliphatic heterocycles. The third kappa shape index (κ3) is 2.81. The molecule has 74 valence electrons. The Labute approximate surface area is 91.1 Å². The van der Waals surface area contributed by atoms with Crippen molar-refractivity contribution in [2.24, 2.45) is 10.2 Å². The van der Waals surface area contributed by atoms with Crippen LogP contribution >= 0.6 is 22.0 Å². The summed E-state index contributed by atoms with van der Waals surface area (Å²) in [6, 6.07) is 0. The molecule has 0 unspecified atom stereocenters. The van der Waals surface area contributed by atoms with Gasteiger partial charge in [0, 0.05) is 37.7 Å². The third-order valence-corrected chi connectivity index (χ3v) is 3.45. The Morgan fingerprint density at radius 1 is 0.857 bits per heavy atom.